The SMILES string of the molecule is CCN(CC)C(=O)CN1CCC(O)[C@]2(CCCN(C(=O)C3CC=CC3)C2)C1. The maximum atomic E-state index is 12.9. The monoisotopic (exact) mass is 377 g/mol. The summed E-state index contributed by atoms with van der Waals surface area (Å²) in [6.45, 7) is 8.75. The van der Waals surface area contributed by atoms with E-state index in [0.29, 0.717) is 26.1 Å². The van der Waals surface area contributed by atoms with Crippen molar-refractivity contribution in [3.8, 4) is 0 Å². The number of hydrogen-bond donors (Lipinski definition) is 1. The number of hydrogen-bond acceptors (Lipinski definition) is 4. The molecule has 1 unspecified atom stereocenters. The molecule has 0 saturated carbocycles. The lowest BCUT2D eigenvalue weighted by Gasteiger charge is -2.51. The largest absolute Gasteiger partial charge is 0.392 e. The van der Waals surface area contributed by atoms with Crippen molar-refractivity contribution in [1.82, 2.24) is 14.7 Å². The van der Waals surface area contributed by atoms with Crippen molar-refractivity contribution < 1.29 is 14.7 Å². The fraction of sp³-hybridized carbons (Fsp3) is 0.810. The van der Waals surface area contributed by atoms with E-state index in [-0.39, 0.29) is 23.1 Å². The summed E-state index contributed by atoms with van der Waals surface area (Å²) in [5.74, 6) is 0.483. The number of nitrogens with zero attached hydrogens (tertiary/aromatic N) is 3. The Bertz CT molecular complexity index is 567. The lowest BCUT2D eigenvalue weighted by molar-refractivity contribution is -0.147. The van der Waals surface area contributed by atoms with Gasteiger partial charge in [-0.1, -0.05) is 12.2 Å². The Morgan fingerprint density at radius 2 is 1.85 bits per heavy atom. The van der Waals surface area contributed by atoms with E-state index in [9.17, 15) is 14.7 Å². The minimum atomic E-state index is -0.394. The van der Waals surface area contributed by atoms with Gasteiger partial charge in [-0.2, -0.15) is 0 Å². The van der Waals surface area contributed by atoms with Gasteiger partial charge in [0, 0.05) is 50.6 Å². The van der Waals surface area contributed by atoms with E-state index in [0.717, 1.165) is 51.9 Å². The molecule has 2 atom stereocenters. The molecular formula is C21H35N3O3. The minimum Gasteiger partial charge on any atom is -0.392 e. The molecule has 0 radical (unpaired) electrons. The number of likely N-dealkylation sites (tertiary alicyclic amines) is 2. The number of piperidine rings is 2. The molecule has 6 nitrogen and oxygen atoms in total. The number of aliphatic hydroxyl groups excluding tert-OH is 1. The van der Waals surface area contributed by atoms with Crippen LogP contribution in [0.2, 0.25) is 0 Å². The second kappa shape index (κ2) is 8.74. The molecule has 2 fully saturated rings. The molecule has 27 heavy (non-hydrogen) atoms. The predicted octanol–water partition coefficient (Wildman–Crippen LogP) is 1.50. The van der Waals surface area contributed by atoms with Crippen molar-refractivity contribution in [2.24, 2.45) is 11.3 Å². The average Bonchev–Trinajstić information content (AvgIpc) is 3.20. The summed E-state index contributed by atoms with van der Waals surface area (Å²) in [5.41, 5.74) is -0.290. The van der Waals surface area contributed by atoms with Crippen LogP contribution in [0.1, 0.15) is 46.0 Å². The molecule has 152 valence electrons. The van der Waals surface area contributed by atoms with Crippen molar-refractivity contribution in [3.05, 3.63) is 12.2 Å². The summed E-state index contributed by atoms with van der Waals surface area (Å²) in [4.78, 5) is 31.5. The standard InChI is InChI=1S/C21H35N3O3/c1-3-23(4-2)19(26)14-22-13-10-18(25)21(15-22)11-7-12-24(16-21)20(27)17-8-5-6-9-17/h5-6,17-18,25H,3-4,7-16H2,1-2H3/t18?,21-/m1/s1. The van der Waals surface area contributed by atoms with Crippen LogP contribution in [0.3, 0.4) is 0 Å². The number of likely N-dealkylation sites (N-methyl/N-ethyl adjacent to an activating group) is 1. The Hall–Kier alpha value is -1.40. The lowest BCUT2D eigenvalue weighted by Crippen LogP contribution is -2.61. The van der Waals surface area contributed by atoms with Crippen LogP contribution in [0.25, 0.3) is 0 Å². The summed E-state index contributed by atoms with van der Waals surface area (Å²) in [6, 6.07) is 0. The van der Waals surface area contributed by atoms with Gasteiger partial charge in [0.2, 0.25) is 11.8 Å². The van der Waals surface area contributed by atoms with E-state index in [1.807, 2.05) is 23.6 Å². The summed E-state index contributed by atoms with van der Waals surface area (Å²) in [6.07, 6.45) is 8.02. The van der Waals surface area contributed by atoms with Crippen LogP contribution in [-0.2, 0) is 9.59 Å². The predicted molar refractivity (Wildman–Crippen MR) is 105 cm³/mol. The zero-order chi connectivity index (χ0) is 19.4. The molecule has 2 saturated heterocycles. The quantitative estimate of drug-likeness (QED) is 0.738. The fourth-order valence-corrected chi connectivity index (χ4v) is 5.07. The number of rotatable bonds is 5. The van der Waals surface area contributed by atoms with Gasteiger partial charge >= 0.3 is 0 Å². The first-order valence-corrected chi connectivity index (χ1v) is 10.6. The molecule has 3 aliphatic rings. The van der Waals surface area contributed by atoms with Crippen LogP contribution in [0, 0.1) is 11.3 Å². The van der Waals surface area contributed by atoms with Gasteiger partial charge in [0.1, 0.15) is 0 Å². The Labute approximate surface area is 163 Å². The van der Waals surface area contributed by atoms with Crippen LogP contribution in [0.15, 0.2) is 12.2 Å². The highest BCUT2D eigenvalue weighted by Crippen LogP contribution is 2.39. The van der Waals surface area contributed by atoms with Gasteiger partial charge in [0.05, 0.1) is 12.6 Å². The Balaban J connectivity index is 1.65. The summed E-state index contributed by atoms with van der Waals surface area (Å²) in [5, 5.41) is 10.8. The first kappa shape index (κ1) is 20.3. The lowest BCUT2D eigenvalue weighted by atomic mass is 9.71. The zero-order valence-electron chi connectivity index (χ0n) is 16.9. The number of aliphatic hydroxyl groups is 1. The Morgan fingerprint density at radius 1 is 1.15 bits per heavy atom. The normalized spacial score (nSPS) is 29.4. The molecule has 2 heterocycles. The van der Waals surface area contributed by atoms with Crippen LogP contribution >= 0.6 is 0 Å². The van der Waals surface area contributed by atoms with E-state index in [2.05, 4.69) is 17.1 Å². The molecule has 6 heteroatoms. The maximum absolute atomic E-state index is 12.9. The van der Waals surface area contributed by atoms with E-state index in [1.54, 1.807) is 0 Å². The second-order valence-corrected chi connectivity index (χ2v) is 8.45. The summed E-state index contributed by atoms with van der Waals surface area (Å²) >= 11 is 0. The fourth-order valence-electron chi connectivity index (χ4n) is 5.07. The van der Waals surface area contributed by atoms with Gasteiger partial charge in [-0.05, 0) is 46.0 Å². The average molecular weight is 378 g/mol. The molecule has 1 aliphatic carbocycles. The highest BCUT2D eigenvalue weighted by atomic mass is 16.3. The number of amides is 2. The molecule has 2 aliphatic heterocycles. The van der Waals surface area contributed by atoms with Crippen LogP contribution in [0.5, 0.6) is 0 Å². The summed E-state index contributed by atoms with van der Waals surface area (Å²) < 4.78 is 0. The van der Waals surface area contributed by atoms with E-state index < -0.39 is 6.10 Å². The third-order valence-electron chi connectivity index (χ3n) is 6.72. The number of allylic oxidation sites excluding steroid dienone is 2. The molecule has 0 bridgehead atoms. The molecule has 0 aromatic carbocycles. The van der Waals surface area contributed by atoms with Gasteiger partial charge in [-0.15, -0.1) is 0 Å². The van der Waals surface area contributed by atoms with Gasteiger partial charge in [-0.25, -0.2) is 0 Å². The van der Waals surface area contributed by atoms with Gasteiger partial charge < -0.3 is 14.9 Å². The highest BCUT2D eigenvalue weighted by Gasteiger charge is 2.47. The molecule has 1 N–H and O–H groups in total. The third kappa shape index (κ3) is 4.37. The maximum Gasteiger partial charge on any atom is 0.236 e. The third-order valence-corrected chi connectivity index (χ3v) is 6.72. The highest BCUT2D eigenvalue weighted by molar-refractivity contribution is 5.80. The zero-order valence-corrected chi connectivity index (χ0v) is 16.9. The van der Waals surface area contributed by atoms with Crippen molar-refractivity contribution in [2.45, 2.75) is 52.1 Å². The van der Waals surface area contributed by atoms with Gasteiger partial charge in [-0.3, -0.25) is 14.5 Å². The molecule has 0 aromatic heterocycles. The molecule has 0 aromatic rings. The Morgan fingerprint density at radius 3 is 2.52 bits per heavy atom. The molecule has 1 spiro atoms. The van der Waals surface area contributed by atoms with E-state index >= 15 is 0 Å². The van der Waals surface area contributed by atoms with E-state index in [4.69, 9.17) is 0 Å². The van der Waals surface area contributed by atoms with Crippen molar-refractivity contribution >= 4 is 11.8 Å². The first-order valence-electron chi connectivity index (χ1n) is 10.6. The summed E-state index contributed by atoms with van der Waals surface area (Å²) in [7, 11) is 0. The topological polar surface area (TPSA) is 64.1 Å². The minimum absolute atomic E-state index is 0.0845. The number of carbonyl (C=O) groups is 2. The Kier molecular flexibility index (Phi) is 6.58. The van der Waals surface area contributed by atoms with Gasteiger partial charge in [0.25, 0.3) is 0 Å². The first-order chi connectivity index (χ1) is 13.0. The van der Waals surface area contributed by atoms with Crippen molar-refractivity contribution in [3.63, 3.8) is 0 Å². The smallest absolute Gasteiger partial charge is 0.236 e. The molecule has 2 amide bonds. The number of carbonyl (C=O) groups excluding carboxylic acids is 2. The second-order valence-electron chi connectivity index (χ2n) is 8.45. The van der Waals surface area contributed by atoms with Crippen LogP contribution in [-0.4, -0.2) is 83.5 Å². The van der Waals surface area contributed by atoms with Crippen molar-refractivity contribution in [2.75, 3.05) is 45.8 Å². The van der Waals surface area contributed by atoms with Crippen LogP contribution in [0.4, 0.5) is 0 Å². The molecule has 3 rings (SSSR count). The van der Waals surface area contributed by atoms with Crippen LogP contribution < -0.4 is 0 Å². The van der Waals surface area contributed by atoms with Crippen molar-refractivity contribution in [1.29, 1.82) is 0 Å². The molecular weight excluding hydrogens is 342 g/mol. The van der Waals surface area contributed by atoms with Gasteiger partial charge in [0.15, 0.2) is 0 Å². The van der Waals surface area contributed by atoms with E-state index in [1.165, 1.54) is 0 Å².